The topological polar surface area (TPSA) is 61.1 Å². The summed E-state index contributed by atoms with van der Waals surface area (Å²) in [4.78, 5) is 15.6. The van der Waals surface area contributed by atoms with Gasteiger partial charge in [-0.1, -0.05) is 30.3 Å². The van der Waals surface area contributed by atoms with E-state index in [-0.39, 0.29) is 17.2 Å². The summed E-state index contributed by atoms with van der Waals surface area (Å²) in [5.41, 5.74) is 2.41. The number of nitrogens with zero attached hydrogens (tertiary/aromatic N) is 1. The van der Waals surface area contributed by atoms with Gasteiger partial charge in [0.05, 0.1) is 18.1 Å². The van der Waals surface area contributed by atoms with Gasteiger partial charge in [-0.3, -0.25) is 9.69 Å². The Hall–Kier alpha value is -3.77. The first kappa shape index (κ1) is 21.1. The summed E-state index contributed by atoms with van der Waals surface area (Å²) in [7, 11) is 1.60. The van der Waals surface area contributed by atoms with Gasteiger partial charge in [0.15, 0.2) is 0 Å². The van der Waals surface area contributed by atoms with E-state index in [1.165, 1.54) is 5.56 Å². The Morgan fingerprint density at radius 2 is 1.70 bits per heavy atom. The molecule has 3 aromatic carbocycles. The molecule has 0 radical (unpaired) electrons. The van der Waals surface area contributed by atoms with Gasteiger partial charge in [0.2, 0.25) is 11.2 Å². The maximum absolute atomic E-state index is 13.3. The number of ether oxygens (including phenoxy) is 3. The molecule has 1 aromatic heterocycles. The van der Waals surface area contributed by atoms with Crippen LogP contribution in [0.5, 0.6) is 23.0 Å². The molecule has 1 unspecified atom stereocenters. The van der Waals surface area contributed by atoms with Gasteiger partial charge in [-0.15, -0.1) is 0 Å². The molecule has 0 aliphatic carbocycles. The molecule has 0 amide bonds. The second kappa shape index (κ2) is 8.64. The predicted molar refractivity (Wildman–Crippen MR) is 126 cm³/mol. The van der Waals surface area contributed by atoms with E-state index in [9.17, 15) is 4.79 Å². The zero-order chi connectivity index (χ0) is 22.9. The molecule has 33 heavy (non-hydrogen) atoms. The lowest BCUT2D eigenvalue weighted by Crippen LogP contribution is -2.34. The van der Waals surface area contributed by atoms with Crippen LogP contribution in [0.2, 0.25) is 0 Å². The van der Waals surface area contributed by atoms with E-state index in [4.69, 9.17) is 18.6 Å². The van der Waals surface area contributed by atoms with Gasteiger partial charge in [0.1, 0.15) is 35.3 Å². The van der Waals surface area contributed by atoms with Crippen molar-refractivity contribution in [1.29, 1.82) is 0 Å². The van der Waals surface area contributed by atoms with Crippen LogP contribution in [0.1, 0.15) is 29.9 Å². The Balaban J connectivity index is 1.51. The molecule has 6 nitrogen and oxygen atoms in total. The monoisotopic (exact) mass is 443 g/mol. The number of fused-ring (bicyclic) bond motifs is 3. The van der Waals surface area contributed by atoms with Crippen molar-refractivity contribution in [2.45, 2.75) is 26.4 Å². The largest absolute Gasteiger partial charge is 0.497 e. The Labute approximate surface area is 191 Å². The minimum atomic E-state index is -0.208. The molecule has 1 aliphatic heterocycles. The van der Waals surface area contributed by atoms with Crippen molar-refractivity contribution in [3.05, 3.63) is 93.8 Å². The van der Waals surface area contributed by atoms with Crippen LogP contribution in [0, 0.1) is 6.92 Å². The molecule has 0 bridgehead atoms. The first-order chi connectivity index (χ1) is 16.0. The lowest BCUT2D eigenvalue weighted by Gasteiger charge is -2.34. The van der Waals surface area contributed by atoms with Gasteiger partial charge in [0.25, 0.3) is 0 Å². The zero-order valence-corrected chi connectivity index (χ0v) is 18.8. The highest BCUT2D eigenvalue weighted by Crippen LogP contribution is 2.36. The molecule has 0 N–H and O–H groups in total. The van der Waals surface area contributed by atoms with Crippen LogP contribution in [-0.2, 0) is 6.54 Å². The average Bonchev–Trinajstić information content (AvgIpc) is 2.86. The number of rotatable bonds is 5. The lowest BCUT2D eigenvalue weighted by molar-refractivity contribution is 0.0620. The minimum absolute atomic E-state index is 0.153. The maximum atomic E-state index is 13.3. The number of hydrogen-bond donors (Lipinski definition) is 0. The fraction of sp³-hybridized carbons (Fsp3) is 0.222. The van der Waals surface area contributed by atoms with Crippen LogP contribution in [0.25, 0.3) is 11.0 Å². The number of benzene rings is 3. The first-order valence-corrected chi connectivity index (χ1v) is 10.9. The Morgan fingerprint density at radius 1 is 0.970 bits per heavy atom. The second-order valence-corrected chi connectivity index (χ2v) is 8.12. The van der Waals surface area contributed by atoms with Crippen molar-refractivity contribution in [2.24, 2.45) is 0 Å². The molecule has 0 saturated carbocycles. The van der Waals surface area contributed by atoms with Gasteiger partial charge in [0, 0.05) is 12.6 Å². The van der Waals surface area contributed by atoms with Gasteiger partial charge >= 0.3 is 0 Å². The smallest absolute Gasteiger partial charge is 0.235 e. The van der Waals surface area contributed by atoms with E-state index in [2.05, 4.69) is 24.0 Å². The number of methoxy groups -OCH3 is 1. The third kappa shape index (κ3) is 3.94. The van der Waals surface area contributed by atoms with Gasteiger partial charge in [-0.05, 0) is 55.8 Å². The van der Waals surface area contributed by atoms with E-state index < -0.39 is 0 Å². The van der Waals surface area contributed by atoms with Crippen molar-refractivity contribution in [1.82, 2.24) is 4.90 Å². The Bertz CT molecular complexity index is 1350. The number of aryl methyl sites for hydroxylation is 1. The minimum Gasteiger partial charge on any atom is -0.497 e. The molecule has 0 spiro atoms. The molecule has 5 rings (SSSR count). The predicted octanol–water partition coefficient (Wildman–Crippen LogP) is 5.82. The molecule has 1 aliphatic rings. The summed E-state index contributed by atoms with van der Waals surface area (Å²) in [5.74, 6) is 2.59. The van der Waals surface area contributed by atoms with Crippen molar-refractivity contribution in [3.8, 4) is 23.0 Å². The Kier molecular flexibility index (Phi) is 5.52. The van der Waals surface area contributed by atoms with Crippen molar-refractivity contribution < 1.29 is 18.6 Å². The molecule has 2 heterocycles. The molecule has 1 atom stereocenters. The third-order valence-electron chi connectivity index (χ3n) is 6.10. The molecule has 6 heteroatoms. The summed E-state index contributed by atoms with van der Waals surface area (Å²) in [6, 6.07) is 21.1. The highest BCUT2D eigenvalue weighted by molar-refractivity contribution is 5.83. The van der Waals surface area contributed by atoms with Crippen LogP contribution >= 0.6 is 0 Å². The molecule has 168 valence electrons. The first-order valence-electron chi connectivity index (χ1n) is 10.9. The fourth-order valence-electron chi connectivity index (χ4n) is 4.14. The van der Waals surface area contributed by atoms with Crippen LogP contribution in [0.3, 0.4) is 0 Å². The van der Waals surface area contributed by atoms with E-state index in [1.54, 1.807) is 44.4 Å². The molecular formula is C27H25NO5. The van der Waals surface area contributed by atoms with Crippen LogP contribution < -0.4 is 19.6 Å². The van der Waals surface area contributed by atoms with Crippen molar-refractivity contribution in [3.63, 3.8) is 0 Å². The summed E-state index contributed by atoms with van der Waals surface area (Å²) < 4.78 is 23.3. The summed E-state index contributed by atoms with van der Waals surface area (Å²) in [5, 5.41) is 0.473. The molecule has 0 fully saturated rings. The number of hydrogen-bond acceptors (Lipinski definition) is 6. The van der Waals surface area contributed by atoms with E-state index in [0.717, 1.165) is 11.3 Å². The lowest BCUT2D eigenvalue weighted by atomic mass is 10.0. The molecule has 0 saturated heterocycles. The van der Waals surface area contributed by atoms with Crippen molar-refractivity contribution >= 4 is 11.0 Å². The normalized spacial score (nSPS) is 14.4. The maximum Gasteiger partial charge on any atom is 0.235 e. The quantitative estimate of drug-likeness (QED) is 0.388. The highest BCUT2D eigenvalue weighted by atomic mass is 16.5. The SMILES string of the molecule is COc1ccc(Oc2c(C)oc3c4c(ccc3c2=O)OCN(C(C)c2ccccc2)C4)cc1. The van der Waals surface area contributed by atoms with Crippen molar-refractivity contribution in [2.75, 3.05) is 13.8 Å². The zero-order valence-electron chi connectivity index (χ0n) is 18.8. The van der Waals surface area contributed by atoms with E-state index in [0.29, 0.717) is 41.5 Å². The van der Waals surface area contributed by atoms with Crippen LogP contribution in [0.4, 0.5) is 0 Å². The molecular weight excluding hydrogens is 418 g/mol. The van der Waals surface area contributed by atoms with Crippen LogP contribution in [-0.4, -0.2) is 18.7 Å². The second-order valence-electron chi connectivity index (χ2n) is 8.12. The fourth-order valence-corrected chi connectivity index (χ4v) is 4.14. The third-order valence-corrected chi connectivity index (χ3v) is 6.10. The summed E-state index contributed by atoms with van der Waals surface area (Å²) >= 11 is 0. The van der Waals surface area contributed by atoms with Crippen LogP contribution in [0.15, 0.2) is 75.9 Å². The highest BCUT2D eigenvalue weighted by Gasteiger charge is 2.27. The standard InChI is InChI=1S/C27H25NO5/c1-17(19-7-5-4-6-8-19)28-15-23-24(31-16-28)14-13-22-25(29)26(18(2)32-27(22)23)33-21-11-9-20(30-3)10-12-21/h4-14,17H,15-16H2,1-3H3. The Morgan fingerprint density at radius 3 is 2.42 bits per heavy atom. The van der Waals surface area contributed by atoms with Gasteiger partial charge in [-0.25, -0.2) is 0 Å². The molecule has 4 aromatic rings. The van der Waals surface area contributed by atoms with E-state index in [1.807, 2.05) is 24.3 Å². The average molecular weight is 443 g/mol. The summed E-state index contributed by atoms with van der Waals surface area (Å²) in [6.07, 6.45) is 0. The van der Waals surface area contributed by atoms with Gasteiger partial charge < -0.3 is 18.6 Å². The van der Waals surface area contributed by atoms with Gasteiger partial charge in [-0.2, -0.15) is 0 Å². The summed E-state index contributed by atoms with van der Waals surface area (Å²) in [6.45, 7) is 4.98. The van der Waals surface area contributed by atoms with E-state index >= 15 is 0 Å².